The van der Waals surface area contributed by atoms with Gasteiger partial charge in [0.05, 0.1) is 19.1 Å². The van der Waals surface area contributed by atoms with Crippen LogP contribution in [0.2, 0.25) is 0 Å². The number of carbonyl (C=O) groups excluding carboxylic acids is 5. The van der Waals surface area contributed by atoms with Crippen LogP contribution in [0.15, 0.2) is 24.3 Å². The van der Waals surface area contributed by atoms with Crippen LogP contribution in [-0.2, 0) is 24.6 Å². The molecule has 0 saturated carbocycles. The molecular weight excluding hydrogens is 472 g/mol. The number of Topliss-reactive ketones (excluding diaryl/α,β-unsaturated/α-hetero) is 1. The molecule has 2 aliphatic heterocycles. The second-order valence-corrected chi connectivity index (χ2v) is 11.4. The largest absolute Gasteiger partial charge is 0.352 e. The summed E-state index contributed by atoms with van der Waals surface area (Å²) in [5.74, 6) is -0.849. The Bertz CT molecular complexity index is 1050. The van der Waals surface area contributed by atoms with Gasteiger partial charge in [-0.05, 0) is 41.9 Å². The highest BCUT2D eigenvalue weighted by atomic mass is 16.2. The number of rotatable bonds is 8. The van der Waals surface area contributed by atoms with Crippen LogP contribution in [0.5, 0.6) is 0 Å². The Morgan fingerprint density at radius 3 is 2.32 bits per heavy atom. The molecule has 0 aliphatic carbocycles. The van der Waals surface area contributed by atoms with Crippen molar-refractivity contribution in [3.05, 3.63) is 35.4 Å². The summed E-state index contributed by atoms with van der Waals surface area (Å²) >= 11 is 0. The van der Waals surface area contributed by atoms with Crippen LogP contribution in [0, 0.1) is 5.92 Å². The molecule has 1 aromatic rings. The monoisotopic (exact) mass is 512 g/mol. The minimum absolute atomic E-state index is 0.0218. The van der Waals surface area contributed by atoms with Crippen molar-refractivity contribution >= 4 is 29.4 Å². The molecule has 2 saturated heterocycles. The smallest absolute Gasteiger partial charge is 0.251 e. The van der Waals surface area contributed by atoms with Crippen molar-refractivity contribution in [1.82, 2.24) is 20.0 Å². The minimum atomic E-state index is -0.609. The molecule has 3 atom stereocenters. The van der Waals surface area contributed by atoms with E-state index in [1.165, 1.54) is 16.7 Å². The van der Waals surface area contributed by atoms with E-state index in [1.54, 1.807) is 11.9 Å². The molecule has 37 heavy (non-hydrogen) atoms. The molecule has 0 spiro atoms. The lowest BCUT2D eigenvalue weighted by Gasteiger charge is -2.26. The first kappa shape index (κ1) is 28.3. The third kappa shape index (κ3) is 6.76. The normalized spacial score (nSPS) is 20.0. The molecule has 0 aromatic heterocycles. The van der Waals surface area contributed by atoms with Crippen molar-refractivity contribution in [2.45, 2.75) is 71.4 Å². The van der Waals surface area contributed by atoms with Crippen molar-refractivity contribution < 1.29 is 24.0 Å². The van der Waals surface area contributed by atoms with Gasteiger partial charge in [-0.2, -0.15) is 0 Å². The Balaban J connectivity index is 1.47. The Morgan fingerprint density at radius 1 is 1.08 bits per heavy atom. The zero-order valence-electron chi connectivity index (χ0n) is 22.9. The van der Waals surface area contributed by atoms with Crippen LogP contribution < -0.4 is 5.32 Å². The number of benzene rings is 1. The Kier molecular flexibility index (Phi) is 8.76. The number of carbonyl (C=O) groups is 5. The molecule has 0 bridgehead atoms. The first-order valence-electron chi connectivity index (χ1n) is 13.0. The molecule has 2 fully saturated rings. The molecule has 1 aromatic carbocycles. The van der Waals surface area contributed by atoms with E-state index in [1.807, 2.05) is 31.2 Å². The minimum Gasteiger partial charge on any atom is -0.352 e. The number of hydrogen-bond donors (Lipinski definition) is 1. The van der Waals surface area contributed by atoms with Gasteiger partial charge in [0.2, 0.25) is 17.7 Å². The Morgan fingerprint density at radius 2 is 1.73 bits per heavy atom. The van der Waals surface area contributed by atoms with E-state index in [0.29, 0.717) is 31.5 Å². The van der Waals surface area contributed by atoms with Crippen molar-refractivity contribution in [2.24, 2.45) is 5.92 Å². The Labute approximate surface area is 219 Å². The van der Waals surface area contributed by atoms with E-state index in [-0.39, 0.29) is 66.3 Å². The average Bonchev–Trinajstić information content (AvgIpc) is 3.39. The zero-order valence-corrected chi connectivity index (χ0v) is 22.9. The maximum Gasteiger partial charge on any atom is 0.251 e. The number of likely N-dealkylation sites (N-methyl/N-ethyl adjacent to an activating group) is 1. The molecule has 0 radical (unpaired) electrons. The summed E-state index contributed by atoms with van der Waals surface area (Å²) in [5.41, 5.74) is 1.79. The number of nitrogens with zero attached hydrogens (tertiary/aromatic N) is 3. The molecule has 2 aliphatic rings. The molecule has 3 rings (SSSR count). The fraction of sp³-hybridized carbons (Fsp3) is 0.607. The van der Waals surface area contributed by atoms with E-state index in [9.17, 15) is 24.0 Å². The molecule has 202 valence electrons. The van der Waals surface area contributed by atoms with Crippen LogP contribution >= 0.6 is 0 Å². The molecular formula is C28H40N4O5. The molecule has 9 nitrogen and oxygen atoms in total. The summed E-state index contributed by atoms with van der Waals surface area (Å²) in [5, 5.41) is 2.93. The number of likely N-dealkylation sites (tertiary alicyclic amines) is 2. The molecule has 3 unspecified atom stereocenters. The molecule has 4 amide bonds. The van der Waals surface area contributed by atoms with Crippen LogP contribution in [0.25, 0.3) is 0 Å². The van der Waals surface area contributed by atoms with Gasteiger partial charge in [0.15, 0.2) is 5.78 Å². The van der Waals surface area contributed by atoms with Crippen LogP contribution in [0.3, 0.4) is 0 Å². The van der Waals surface area contributed by atoms with Gasteiger partial charge < -0.3 is 20.0 Å². The summed E-state index contributed by atoms with van der Waals surface area (Å²) in [6, 6.07) is 6.67. The lowest BCUT2D eigenvalue weighted by atomic mass is 9.87. The highest BCUT2D eigenvalue weighted by Crippen LogP contribution is 2.31. The van der Waals surface area contributed by atoms with Crippen molar-refractivity contribution in [1.29, 1.82) is 0 Å². The van der Waals surface area contributed by atoms with Gasteiger partial charge in [-0.15, -0.1) is 0 Å². The average molecular weight is 513 g/mol. The van der Waals surface area contributed by atoms with Gasteiger partial charge >= 0.3 is 0 Å². The maximum absolute atomic E-state index is 13.0. The first-order valence-corrected chi connectivity index (χ1v) is 13.0. The molecule has 9 heteroatoms. The van der Waals surface area contributed by atoms with Crippen molar-refractivity contribution in [3.8, 4) is 0 Å². The number of ketones is 1. The second-order valence-electron chi connectivity index (χ2n) is 11.4. The molecule has 1 N–H and O–H groups in total. The van der Waals surface area contributed by atoms with Gasteiger partial charge in [0.25, 0.3) is 5.91 Å². The number of nitrogens with one attached hydrogen (secondary N) is 1. The summed E-state index contributed by atoms with van der Waals surface area (Å²) in [4.78, 5) is 66.9. The van der Waals surface area contributed by atoms with E-state index >= 15 is 0 Å². The lowest BCUT2D eigenvalue weighted by molar-refractivity contribution is -0.139. The van der Waals surface area contributed by atoms with Gasteiger partial charge in [-0.1, -0.05) is 39.8 Å². The van der Waals surface area contributed by atoms with Gasteiger partial charge in [-0.3, -0.25) is 24.0 Å². The number of amides is 4. The van der Waals surface area contributed by atoms with Crippen LogP contribution in [-0.4, -0.2) is 89.4 Å². The second kappa shape index (κ2) is 11.4. The van der Waals surface area contributed by atoms with Crippen molar-refractivity contribution in [2.75, 3.05) is 33.2 Å². The van der Waals surface area contributed by atoms with Crippen LogP contribution in [0.1, 0.15) is 69.8 Å². The predicted molar refractivity (Wildman–Crippen MR) is 140 cm³/mol. The quantitative estimate of drug-likeness (QED) is 0.573. The SMILES string of the molecule is CC(=O)N(C)CC(=O)N1CC(=O)C2C1CCN2C(=O)CC(C)CCNC(=O)c1ccc(C(C)(C)C)cc1. The number of fused-ring (bicyclic) bond motifs is 1. The van der Waals surface area contributed by atoms with Gasteiger partial charge in [0.1, 0.15) is 6.04 Å². The van der Waals surface area contributed by atoms with E-state index < -0.39 is 6.04 Å². The summed E-state index contributed by atoms with van der Waals surface area (Å²) in [6.45, 7) is 10.5. The summed E-state index contributed by atoms with van der Waals surface area (Å²) in [6.07, 6.45) is 1.46. The fourth-order valence-electron chi connectivity index (χ4n) is 5.00. The fourth-order valence-corrected chi connectivity index (χ4v) is 5.00. The lowest BCUT2D eigenvalue weighted by Crippen LogP contribution is -2.45. The summed E-state index contributed by atoms with van der Waals surface area (Å²) in [7, 11) is 1.55. The van der Waals surface area contributed by atoms with E-state index in [0.717, 1.165) is 5.56 Å². The number of hydrogen-bond acceptors (Lipinski definition) is 5. The van der Waals surface area contributed by atoms with E-state index in [2.05, 4.69) is 26.1 Å². The van der Waals surface area contributed by atoms with E-state index in [4.69, 9.17) is 0 Å². The van der Waals surface area contributed by atoms with Gasteiger partial charge in [-0.25, -0.2) is 0 Å². The van der Waals surface area contributed by atoms with Crippen molar-refractivity contribution in [3.63, 3.8) is 0 Å². The summed E-state index contributed by atoms with van der Waals surface area (Å²) < 4.78 is 0. The maximum atomic E-state index is 13.0. The Hall–Kier alpha value is -3.23. The highest BCUT2D eigenvalue weighted by molar-refractivity contribution is 5.98. The predicted octanol–water partition coefficient (Wildman–Crippen LogP) is 1.99. The third-order valence-electron chi connectivity index (χ3n) is 7.43. The van der Waals surface area contributed by atoms with Gasteiger partial charge in [0, 0.05) is 39.0 Å². The topological polar surface area (TPSA) is 107 Å². The zero-order chi connectivity index (χ0) is 27.5. The molecule has 2 heterocycles. The third-order valence-corrected chi connectivity index (χ3v) is 7.43. The van der Waals surface area contributed by atoms with Crippen LogP contribution in [0.4, 0.5) is 0 Å². The highest BCUT2D eigenvalue weighted by Gasteiger charge is 2.51. The standard InChI is InChI=1S/C28H40N4O5/c1-18(11-13-29-27(37)20-7-9-21(10-8-20)28(3,4)5)15-24(35)31-14-12-22-26(31)23(34)16-32(22)25(36)17-30(6)19(2)33/h7-10,18,22,26H,11-17H2,1-6H3,(H,29,37). The first-order chi connectivity index (χ1) is 17.3.